The first-order valence-electron chi connectivity index (χ1n) is 13.4. The third-order valence-corrected chi connectivity index (χ3v) is 7.45. The van der Waals surface area contributed by atoms with Crippen molar-refractivity contribution in [3.05, 3.63) is 131 Å². The first-order valence-corrected chi connectivity index (χ1v) is 13.4. The molecule has 0 saturated heterocycles. The molecule has 188 valence electrons. The van der Waals surface area contributed by atoms with Crippen LogP contribution >= 0.6 is 0 Å². The molecule has 1 heterocycles. The highest BCUT2D eigenvalue weighted by molar-refractivity contribution is 6.17. The maximum Gasteiger partial charge on any atom is 0.117 e. The molecule has 0 radical (unpaired) electrons. The maximum atomic E-state index is 5.31. The summed E-state index contributed by atoms with van der Waals surface area (Å²) in [5.74, 6) is 0. The minimum atomic E-state index is 0.858. The van der Waals surface area contributed by atoms with Crippen LogP contribution in [-0.2, 0) is 17.8 Å². The molecule has 5 aromatic carbocycles. The summed E-state index contributed by atoms with van der Waals surface area (Å²) in [4.78, 5) is 5.31. The van der Waals surface area contributed by atoms with Gasteiger partial charge in [0, 0.05) is 39.5 Å². The number of oxime groups is 1. The van der Waals surface area contributed by atoms with Crippen LogP contribution in [0.4, 0.5) is 0 Å². The van der Waals surface area contributed by atoms with E-state index in [1.165, 1.54) is 49.3 Å². The van der Waals surface area contributed by atoms with E-state index in [9.17, 15) is 0 Å². The van der Waals surface area contributed by atoms with Crippen molar-refractivity contribution < 1.29 is 4.84 Å². The van der Waals surface area contributed by atoms with Crippen LogP contribution in [0.1, 0.15) is 41.2 Å². The van der Waals surface area contributed by atoms with E-state index < -0.39 is 0 Å². The Morgan fingerprint density at radius 1 is 0.737 bits per heavy atom. The normalized spacial score (nSPS) is 12.0. The van der Waals surface area contributed by atoms with Gasteiger partial charge in [0.2, 0.25) is 0 Å². The molecule has 0 spiro atoms. The Bertz CT molecular complexity index is 1810. The standard InChI is InChI=1S/C35H32N2O/c1-4-19-37-33-17-14-26(20-25-13-15-27-10-6-7-11-28(27)21-25)22-31(33)32-23-29(16-18-34(32)37)35(36-38-3)30-12-8-5-9-24(30)2/h5-18,21-23H,4,19-20H2,1-3H3/b36-35-. The Hall–Kier alpha value is -4.37. The second-order valence-corrected chi connectivity index (χ2v) is 10.0. The number of aryl methyl sites for hydroxylation is 2. The number of rotatable bonds is 7. The molecule has 6 rings (SSSR count). The second kappa shape index (κ2) is 10.2. The largest absolute Gasteiger partial charge is 0.399 e. The lowest BCUT2D eigenvalue weighted by molar-refractivity contribution is 0.214. The van der Waals surface area contributed by atoms with E-state index >= 15 is 0 Å². The minimum Gasteiger partial charge on any atom is -0.399 e. The topological polar surface area (TPSA) is 26.5 Å². The van der Waals surface area contributed by atoms with Crippen LogP contribution in [0.2, 0.25) is 0 Å². The SMILES string of the molecule is CCCn1c2ccc(Cc3ccc4ccccc4c3)cc2c2cc(/C(=N/OC)c3ccccc3C)ccc21. The van der Waals surface area contributed by atoms with Crippen molar-refractivity contribution >= 4 is 38.3 Å². The highest BCUT2D eigenvalue weighted by Crippen LogP contribution is 2.32. The lowest BCUT2D eigenvalue weighted by Crippen LogP contribution is -2.06. The molecule has 0 unspecified atom stereocenters. The molecule has 0 saturated carbocycles. The average Bonchev–Trinajstić information content (AvgIpc) is 3.24. The third kappa shape index (κ3) is 4.35. The summed E-state index contributed by atoms with van der Waals surface area (Å²) in [6.07, 6.45) is 1.99. The van der Waals surface area contributed by atoms with Gasteiger partial charge in [0.1, 0.15) is 12.8 Å². The van der Waals surface area contributed by atoms with Crippen molar-refractivity contribution in [2.75, 3.05) is 7.11 Å². The maximum absolute atomic E-state index is 5.31. The van der Waals surface area contributed by atoms with E-state index in [0.29, 0.717) is 0 Å². The van der Waals surface area contributed by atoms with Gasteiger partial charge >= 0.3 is 0 Å². The highest BCUT2D eigenvalue weighted by atomic mass is 16.6. The lowest BCUT2D eigenvalue weighted by Gasteiger charge is -2.10. The molecule has 38 heavy (non-hydrogen) atoms. The molecule has 0 amide bonds. The van der Waals surface area contributed by atoms with Crippen LogP contribution in [0.15, 0.2) is 108 Å². The number of nitrogens with zero attached hydrogens (tertiary/aromatic N) is 2. The zero-order valence-corrected chi connectivity index (χ0v) is 22.2. The van der Waals surface area contributed by atoms with Crippen molar-refractivity contribution in [3.8, 4) is 0 Å². The second-order valence-electron chi connectivity index (χ2n) is 10.0. The molecule has 3 heteroatoms. The van der Waals surface area contributed by atoms with Crippen molar-refractivity contribution in [2.45, 2.75) is 33.2 Å². The molecule has 0 N–H and O–H groups in total. The molecule has 0 aliphatic heterocycles. The van der Waals surface area contributed by atoms with Crippen LogP contribution in [0.25, 0.3) is 32.6 Å². The molecule has 0 aliphatic rings. The molecule has 0 atom stereocenters. The van der Waals surface area contributed by atoms with Gasteiger partial charge in [0.05, 0.1) is 0 Å². The number of hydrogen-bond donors (Lipinski definition) is 0. The first kappa shape index (κ1) is 24.0. The quantitative estimate of drug-likeness (QED) is 0.160. The molecule has 0 bridgehead atoms. The molecule has 1 aromatic heterocycles. The molecule has 6 aromatic rings. The molecule has 0 aliphatic carbocycles. The predicted octanol–water partition coefficient (Wildman–Crippen LogP) is 8.66. The number of hydrogen-bond acceptors (Lipinski definition) is 2. The van der Waals surface area contributed by atoms with Gasteiger partial charge < -0.3 is 9.40 Å². The van der Waals surface area contributed by atoms with Gasteiger partial charge in [0.25, 0.3) is 0 Å². The van der Waals surface area contributed by atoms with E-state index in [4.69, 9.17) is 4.84 Å². The van der Waals surface area contributed by atoms with Crippen molar-refractivity contribution in [1.29, 1.82) is 0 Å². The van der Waals surface area contributed by atoms with Crippen molar-refractivity contribution in [2.24, 2.45) is 5.16 Å². The molecular weight excluding hydrogens is 464 g/mol. The van der Waals surface area contributed by atoms with Crippen LogP contribution in [0, 0.1) is 6.92 Å². The van der Waals surface area contributed by atoms with Gasteiger partial charge in [0.15, 0.2) is 0 Å². The van der Waals surface area contributed by atoms with E-state index in [0.717, 1.165) is 36.2 Å². The molecule has 3 nitrogen and oxygen atoms in total. The summed E-state index contributed by atoms with van der Waals surface area (Å²) in [6, 6.07) is 37.4. The van der Waals surface area contributed by atoms with Gasteiger partial charge in [-0.2, -0.15) is 0 Å². The average molecular weight is 497 g/mol. The van der Waals surface area contributed by atoms with Crippen molar-refractivity contribution in [3.63, 3.8) is 0 Å². The number of fused-ring (bicyclic) bond motifs is 4. The Kier molecular flexibility index (Phi) is 6.43. The highest BCUT2D eigenvalue weighted by Gasteiger charge is 2.16. The fraction of sp³-hybridized carbons (Fsp3) is 0.171. The fourth-order valence-electron chi connectivity index (χ4n) is 5.64. The number of benzene rings is 5. The smallest absolute Gasteiger partial charge is 0.117 e. The van der Waals surface area contributed by atoms with Crippen LogP contribution in [0.5, 0.6) is 0 Å². The Labute approximate surface area is 224 Å². The van der Waals surface area contributed by atoms with Gasteiger partial charge in [-0.3, -0.25) is 0 Å². The Morgan fingerprint density at radius 3 is 2.21 bits per heavy atom. The Morgan fingerprint density at radius 2 is 1.42 bits per heavy atom. The van der Waals surface area contributed by atoms with Crippen LogP contribution < -0.4 is 0 Å². The van der Waals surface area contributed by atoms with Crippen molar-refractivity contribution in [1.82, 2.24) is 4.57 Å². The zero-order chi connectivity index (χ0) is 26.1. The van der Waals surface area contributed by atoms with Gasteiger partial charge in [-0.15, -0.1) is 0 Å². The fourth-order valence-corrected chi connectivity index (χ4v) is 5.64. The summed E-state index contributed by atoms with van der Waals surface area (Å²) >= 11 is 0. The summed E-state index contributed by atoms with van der Waals surface area (Å²) in [6.45, 7) is 5.34. The Balaban J connectivity index is 1.48. The van der Waals surface area contributed by atoms with E-state index in [1.807, 2.05) is 0 Å². The molecular formula is C35H32N2O. The monoisotopic (exact) mass is 496 g/mol. The number of aromatic nitrogens is 1. The summed E-state index contributed by atoms with van der Waals surface area (Å²) in [5, 5.41) is 9.57. The van der Waals surface area contributed by atoms with Gasteiger partial charge in [-0.05, 0) is 71.5 Å². The zero-order valence-electron chi connectivity index (χ0n) is 22.2. The van der Waals surface area contributed by atoms with Gasteiger partial charge in [-0.1, -0.05) is 90.9 Å². The summed E-state index contributed by atoms with van der Waals surface area (Å²) in [7, 11) is 1.61. The predicted molar refractivity (Wildman–Crippen MR) is 160 cm³/mol. The van der Waals surface area contributed by atoms with Crippen LogP contribution in [0.3, 0.4) is 0 Å². The summed E-state index contributed by atoms with van der Waals surface area (Å²) in [5.41, 5.74) is 9.36. The summed E-state index contributed by atoms with van der Waals surface area (Å²) < 4.78 is 2.45. The molecule has 0 fully saturated rings. The minimum absolute atomic E-state index is 0.858. The third-order valence-electron chi connectivity index (χ3n) is 7.45. The lowest BCUT2D eigenvalue weighted by atomic mass is 9.96. The van der Waals surface area contributed by atoms with Gasteiger partial charge in [-0.25, -0.2) is 0 Å². The van der Waals surface area contributed by atoms with E-state index in [2.05, 4.69) is 127 Å². The van der Waals surface area contributed by atoms with E-state index in [-0.39, 0.29) is 0 Å². The van der Waals surface area contributed by atoms with Crippen LogP contribution in [-0.4, -0.2) is 17.4 Å². The first-order chi connectivity index (χ1) is 18.7. The van der Waals surface area contributed by atoms with E-state index in [1.54, 1.807) is 7.11 Å².